The molecule has 1 aromatic carbocycles. The lowest BCUT2D eigenvalue weighted by atomic mass is 9.89. The van der Waals surface area contributed by atoms with Gasteiger partial charge in [-0.15, -0.1) is 0 Å². The number of piperidine rings is 1. The number of aromatic nitrogens is 3. The van der Waals surface area contributed by atoms with Crippen LogP contribution in [-0.4, -0.2) is 55.7 Å². The fraction of sp³-hybridized carbons (Fsp3) is 0.552. The Balaban J connectivity index is 1.38. The Morgan fingerprint density at radius 3 is 2.51 bits per heavy atom. The van der Waals surface area contributed by atoms with Crippen molar-refractivity contribution in [3.05, 3.63) is 52.8 Å². The van der Waals surface area contributed by atoms with Gasteiger partial charge in [0, 0.05) is 53.5 Å². The summed E-state index contributed by atoms with van der Waals surface area (Å²) in [7, 11) is 0. The third-order valence-electron chi connectivity index (χ3n) is 8.07. The molecule has 3 aromatic rings. The number of rotatable bonds is 7. The van der Waals surface area contributed by atoms with Crippen molar-refractivity contribution in [2.75, 3.05) is 18.4 Å². The molecule has 7 nitrogen and oxygen atoms in total. The lowest BCUT2D eigenvalue weighted by Gasteiger charge is -2.32. The van der Waals surface area contributed by atoms with Gasteiger partial charge in [0.25, 0.3) is 5.91 Å². The van der Waals surface area contributed by atoms with E-state index < -0.39 is 0 Å². The molecule has 37 heavy (non-hydrogen) atoms. The van der Waals surface area contributed by atoms with Gasteiger partial charge in [0.2, 0.25) is 5.95 Å². The number of halogens is 1. The van der Waals surface area contributed by atoms with Crippen molar-refractivity contribution in [1.29, 1.82) is 0 Å². The first kappa shape index (κ1) is 26.0. The lowest BCUT2D eigenvalue weighted by molar-refractivity contribution is 0.0713. The number of nitrogens with one attached hydrogen (secondary N) is 1. The summed E-state index contributed by atoms with van der Waals surface area (Å²) in [5.74, 6) is 1.10. The highest BCUT2D eigenvalue weighted by Crippen LogP contribution is 2.38. The third kappa shape index (κ3) is 5.78. The molecule has 8 heteroatoms. The minimum Gasteiger partial charge on any atom is -0.393 e. The summed E-state index contributed by atoms with van der Waals surface area (Å²) in [6, 6.07) is 7.80. The van der Waals surface area contributed by atoms with Crippen LogP contribution in [0.4, 0.5) is 5.95 Å². The Hall–Kier alpha value is -2.64. The first-order chi connectivity index (χ1) is 17.9. The molecule has 5 rings (SSSR count). The van der Waals surface area contributed by atoms with Gasteiger partial charge in [0.15, 0.2) is 0 Å². The van der Waals surface area contributed by atoms with E-state index in [4.69, 9.17) is 21.6 Å². The van der Waals surface area contributed by atoms with Crippen LogP contribution in [0.25, 0.3) is 11.0 Å². The van der Waals surface area contributed by atoms with Gasteiger partial charge >= 0.3 is 0 Å². The van der Waals surface area contributed by atoms with E-state index >= 15 is 0 Å². The zero-order chi connectivity index (χ0) is 25.9. The standard InChI is InChI=1S/C29H38ClN5O2/c1-3-4-19(2)32-29-31-17-25-26(18-35(27(25)33-29)23-9-11-24(36)12-10-23)20-13-15-34(16-14-20)28(37)21-5-7-22(30)8-6-21/h5-8,17-20,23-24,36H,3-4,9-16H2,1-2H3,(H,31,32,33). The summed E-state index contributed by atoms with van der Waals surface area (Å²) in [4.78, 5) is 24.7. The minimum absolute atomic E-state index is 0.0681. The highest BCUT2D eigenvalue weighted by atomic mass is 35.5. The monoisotopic (exact) mass is 523 g/mol. The average molecular weight is 524 g/mol. The van der Waals surface area contributed by atoms with Crippen LogP contribution in [0.2, 0.25) is 5.02 Å². The van der Waals surface area contributed by atoms with E-state index in [1.807, 2.05) is 11.1 Å². The molecule has 2 N–H and O–H groups in total. The van der Waals surface area contributed by atoms with Crippen molar-refractivity contribution >= 4 is 34.5 Å². The largest absolute Gasteiger partial charge is 0.393 e. The number of carbonyl (C=O) groups is 1. The number of anilines is 1. The van der Waals surface area contributed by atoms with E-state index in [-0.39, 0.29) is 12.0 Å². The van der Waals surface area contributed by atoms with Gasteiger partial charge in [0.1, 0.15) is 5.65 Å². The number of aliphatic hydroxyl groups is 1. The molecule has 1 aliphatic heterocycles. The number of benzene rings is 1. The highest BCUT2D eigenvalue weighted by molar-refractivity contribution is 6.30. The zero-order valence-corrected chi connectivity index (χ0v) is 22.6. The van der Waals surface area contributed by atoms with Gasteiger partial charge in [-0.05, 0) is 87.6 Å². The fourth-order valence-corrected chi connectivity index (χ4v) is 6.08. The number of hydrogen-bond donors (Lipinski definition) is 2. The molecule has 0 radical (unpaired) electrons. The van der Waals surface area contributed by atoms with Gasteiger partial charge in [0.05, 0.1) is 6.10 Å². The van der Waals surface area contributed by atoms with Gasteiger partial charge in [-0.3, -0.25) is 4.79 Å². The summed E-state index contributed by atoms with van der Waals surface area (Å²) in [5.41, 5.74) is 2.95. The Labute approximate surface area is 224 Å². The first-order valence-corrected chi connectivity index (χ1v) is 14.2. The average Bonchev–Trinajstić information content (AvgIpc) is 3.28. The van der Waals surface area contributed by atoms with Crippen LogP contribution in [0.15, 0.2) is 36.7 Å². The second kappa shape index (κ2) is 11.4. The summed E-state index contributed by atoms with van der Waals surface area (Å²) < 4.78 is 2.35. The zero-order valence-electron chi connectivity index (χ0n) is 21.9. The molecule has 1 saturated heterocycles. The maximum absolute atomic E-state index is 13.0. The molecule has 2 fully saturated rings. The van der Waals surface area contributed by atoms with Crippen molar-refractivity contribution in [3.63, 3.8) is 0 Å². The molecule has 0 bridgehead atoms. The van der Waals surface area contributed by atoms with Gasteiger partial charge < -0.3 is 19.9 Å². The minimum atomic E-state index is -0.193. The second-order valence-corrected chi connectivity index (χ2v) is 11.2. The number of nitrogens with zero attached hydrogens (tertiary/aromatic N) is 4. The number of amides is 1. The Kier molecular flexibility index (Phi) is 8.01. The van der Waals surface area contributed by atoms with Crippen LogP contribution in [-0.2, 0) is 0 Å². The topological polar surface area (TPSA) is 83.3 Å². The molecular weight excluding hydrogens is 486 g/mol. The van der Waals surface area contributed by atoms with E-state index in [1.165, 1.54) is 5.56 Å². The molecule has 1 atom stereocenters. The van der Waals surface area contributed by atoms with Crippen molar-refractivity contribution in [1.82, 2.24) is 19.4 Å². The highest BCUT2D eigenvalue weighted by Gasteiger charge is 2.29. The van der Waals surface area contributed by atoms with Gasteiger partial charge in [-0.25, -0.2) is 4.98 Å². The van der Waals surface area contributed by atoms with Crippen LogP contribution in [0.1, 0.15) is 93.1 Å². The summed E-state index contributed by atoms with van der Waals surface area (Å²) in [6.07, 6.45) is 11.7. The van der Waals surface area contributed by atoms with E-state index in [0.29, 0.717) is 34.5 Å². The molecule has 1 aliphatic carbocycles. The number of fused-ring (bicyclic) bond motifs is 1. The maximum Gasteiger partial charge on any atom is 0.253 e. The SMILES string of the molecule is CCCC(C)Nc1ncc2c(C3CCN(C(=O)c4ccc(Cl)cc4)CC3)cn(C3CCC(O)CC3)c2n1. The molecule has 0 spiro atoms. The van der Waals surface area contributed by atoms with Crippen molar-refractivity contribution in [3.8, 4) is 0 Å². The number of aliphatic hydroxyl groups excluding tert-OH is 1. The van der Waals surface area contributed by atoms with Crippen LogP contribution < -0.4 is 5.32 Å². The van der Waals surface area contributed by atoms with Crippen molar-refractivity contribution in [2.24, 2.45) is 0 Å². The lowest BCUT2D eigenvalue weighted by Crippen LogP contribution is -2.37. The summed E-state index contributed by atoms with van der Waals surface area (Å²) in [6.45, 7) is 5.81. The Morgan fingerprint density at radius 1 is 1.14 bits per heavy atom. The number of carbonyl (C=O) groups excluding carboxylic acids is 1. The molecule has 3 heterocycles. The van der Waals surface area contributed by atoms with Crippen LogP contribution >= 0.6 is 11.6 Å². The van der Waals surface area contributed by atoms with Gasteiger partial charge in [-0.1, -0.05) is 24.9 Å². The summed E-state index contributed by atoms with van der Waals surface area (Å²) >= 11 is 6.00. The normalized spacial score (nSPS) is 21.8. The van der Waals surface area contributed by atoms with E-state index in [9.17, 15) is 9.90 Å². The molecule has 1 saturated carbocycles. The predicted molar refractivity (Wildman–Crippen MR) is 148 cm³/mol. The molecule has 2 aromatic heterocycles. The maximum atomic E-state index is 13.0. The molecule has 1 amide bonds. The quantitative estimate of drug-likeness (QED) is 0.386. The molecule has 198 valence electrons. The molecular formula is C29H38ClN5O2. The fourth-order valence-electron chi connectivity index (χ4n) is 5.96. The van der Waals surface area contributed by atoms with E-state index in [2.05, 4.69) is 29.9 Å². The van der Waals surface area contributed by atoms with E-state index in [0.717, 1.165) is 75.5 Å². The van der Waals surface area contributed by atoms with Crippen molar-refractivity contribution < 1.29 is 9.90 Å². The Morgan fingerprint density at radius 2 is 1.84 bits per heavy atom. The first-order valence-electron chi connectivity index (χ1n) is 13.8. The van der Waals surface area contributed by atoms with E-state index in [1.54, 1.807) is 24.3 Å². The van der Waals surface area contributed by atoms with Gasteiger partial charge in [-0.2, -0.15) is 4.98 Å². The van der Waals surface area contributed by atoms with Crippen LogP contribution in [0.3, 0.4) is 0 Å². The van der Waals surface area contributed by atoms with Crippen molar-refractivity contribution in [2.45, 2.75) is 89.3 Å². The third-order valence-corrected chi connectivity index (χ3v) is 8.32. The second-order valence-electron chi connectivity index (χ2n) is 10.8. The number of hydrogen-bond acceptors (Lipinski definition) is 5. The molecule has 2 aliphatic rings. The van der Waals surface area contributed by atoms with Crippen LogP contribution in [0, 0.1) is 0 Å². The van der Waals surface area contributed by atoms with Crippen LogP contribution in [0.5, 0.6) is 0 Å². The molecule has 1 unspecified atom stereocenters. The summed E-state index contributed by atoms with van der Waals surface area (Å²) in [5, 5.41) is 15.3. The predicted octanol–water partition coefficient (Wildman–Crippen LogP) is 6.18. The Bertz CT molecular complexity index is 1210. The smallest absolute Gasteiger partial charge is 0.253 e. The number of likely N-dealkylation sites (tertiary alicyclic amines) is 1.